The van der Waals surface area contributed by atoms with Gasteiger partial charge in [-0.2, -0.15) is 0 Å². The second-order valence-corrected chi connectivity index (χ2v) is 12.8. The predicted octanol–water partition coefficient (Wildman–Crippen LogP) is 6.81. The van der Waals surface area contributed by atoms with E-state index in [1.807, 2.05) is 152 Å². The highest BCUT2D eigenvalue weighted by Crippen LogP contribution is 2.30. The summed E-state index contributed by atoms with van der Waals surface area (Å²) >= 11 is 0. The zero-order valence-corrected chi connectivity index (χ0v) is 29.6. The molecule has 6 atom stereocenters. The Labute approximate surface area is 311 Å². The zero-order chi connectivity index (χ0) is 36.5. The van der Waals surface area contributed by atoms with Crippen molar-refractivity contribution >= 4 is 5.97 Å². The fraction of sp³-hybridized carbons (Fsp3) is 0.295. The summed E-state index contributed by atoms with van der Waals surface area (Å²) in [5, 5.41) is 12.0. The number of rotatable bonds is 19. The van der Waals surface area contributed by atoms with Gasteiger partial charge in [-0.25, -0.2) is 4.79 Å². The van der Waals surface area contributed by atoms with Crippen molar-refractivity contribution < 1.29 is 43.1 Å². The van der Waals surface area contributed by atoms with Crippen LogP contribution in [0.1, 0.15) is 27.8 Å². The standard InChI is InChI=1S/C44H46O9/c45-39-40(49-28-35-20-10-3-11-21-35)42(43(46)51-30-37-24-14-5-15-25-37)53-44(41(39)50-29-36-22-12-4-13-23-36)52-32-38(48-27-34-18-8-2-9-19-34)31-47-26-33-16-6-1-7-17-33/h1-25,38-42,44-45H,26-32H2/t38-,39+,40-,41-,42+,44+/m1/s1. The van der Waals surface area contributed by atoms with E-state index >= 15 is 0 Å². The second-order valence-electron chi connectivity index (χ2n) is 12.8. The molecule has 1 aliphatic rings. The van der Waals surface area contributed by atoms with Crippen LogP contribution < -0.4 is 0 Å². The molecule has 5 aromatic rings. The molecule has 53 heavy (non-hydrogen) atoms. The highest BCUT2D eigenvalue weighted by atomic mass is 16.7. The molecular weight excluding hydrogens is 672 g/mol. The average Bonchev–Trinajstić information content (AvgIpc) is 3.21. The zero-order valence-electron chi connectivity index (χ0n) is 29.6. The van der Waals surface area contributed by atoms with E-state index in [0.717, 1.165) is 27.8 Å². The van der Waals surface area contributed by atoms with Gasteiger partial charge in [-0.1, -0.05) is 152 Å². The van der Waals surface area contributed by atoms with Gasteiger partial charge in [0.05, 0.1) is 39.6 Å². The van der Waals surface area contributed by atoms with Gasteiger partial charge in [-0.05, 0) is 27.8 Å². The van der Waals surface area contributed by atoms with E-state index in [-0.39, 0.29) is 33.0 Å². The maximum absolute atomic E-state index is 13.8. The highest BCUT2D eigenvalue weighted by Gasteiger charge is 2.51. The van der Waals surface area contributed by atoms with Gasteiger partial charge in [0.15, 0.2) is 12.4 Å². The van der Waals surface area contributed by atoms with Gasteiger partial charge < -0.3 is 38.3 Å². The molecule has 5 aromatic carbocycles. The van der Waals surface area contributed by atoms with Crippen molar-refractivity contribution in [3.63, 3.8) is 0 Å². The summed E-state index contributed by atoms with van der Waals surface area (Å²) < 4.78 is 43.4. The van der Waals surface area contributed by atoms with Crippen molar-refractivity contribution in [3.8, 4) is 0 Å². The molecule has 1 fully saturated rings. The first kappa shape index (κ1) is 38.0. The summed E-state index contributed by atoms with van der Waals surface area (Å²) in [6.07, 6.45) is -6.51. The summed E-state index contributed by atoms with van der Waals surface area (Å²) in [5.41, 5.74) is 4.59. The van der Waals surface area contributed by atoms with E-state index < -0.39 is 42.8 Å². The van der Waals surface area contributed by atoms with Crippen molar-refractivity contribution in [2.75, 3.05) is 13.2 Å². The minimum Gasteiger partial charge on any atom is -0.459 e. The minimum absolute atomic E-state index is 0.0194. The molecule has 0 aromatic heterocycles. The number of aliphatic hydroxyl groups excluding tert-OH is 1. The number of hydrogen-bond donors (Lipinski definition) is 1. The molecule has 1 saturated heterocycles. The summed E-state index contributed by atoms with van der Waals surface area (Å²) in [4.78, 5) is 13.8. The Morgan fingerprint density at radius 3 is 1.47 bits per heavy atom. The molecule has 0 aliphatic carbocycles. The molecule has 9 nitrogen and oxygen atoms in total. The van der Waals surface area contributed by atoms with Crippen molar-refractivity contribution in [1.82, 2.24) is 0 Å². The Morgan fingerprint density at radius 2 is 0.962 bits per heavy atom. The van der Waals surface area contributed by atoms with Gasteiger partial charge in [0.2, 0.25) is 0 Å². The number of carbonyl (C=O) groups excluding carboxylic acids is 1. The van der Waals surface area contributed by atoms with Gasteiger partial charge in [-0.3, -0.25) is 0 Å². The smallest absolute Gasteiger partial charge is 0.338 e. The molecular formula is C44H46O9. The lowest BCUT2D eigenvalue weighted by atomic mass is 9.98. The first-order valence-electron chi connectivity index (χ1n) is 17.9. The van der Waals surface area contributed by atoms with Crippen LogP contribution in [0.3, 0.4) is 0 Å². The Bertz CT molecular complexity index is 1740. The van der Waals surface area contributed by atoms with Crippen molar-refractivity contribution in [2.24, 2.45) is 0 Å². The Morgan fingerprint density at radius 1 is 0.528 bits per heavy atom. The Balaban J connectivity index is 1.20. The van der Waals surface area contributed by atoms with Crippen LogP contribution in [0.25, 0.3) is 0 Å². The number of benzene rings is 5. The number of carbonyl (C=O) groups is 1. The monoisotopic (exact) mass is 718 g/mol. The van der Waals surface area contributed by atoms with E-state index in [1.165, 1.54) is 0 Å². The lowest BCUT2D eigenvalue weighted by Gasteiger charge is -2.43. The quantitative estimate of drug-likeness (QED) is 0.0924. The third-order valence-corrected chi connectivity index (χ3v) is 8.74. The molecule has 6 rings (SSSR count). The molecule has 0 amide bonds. The Kier molecular flexibility index (Phi) is 14.7. The van der Waals surface area contributed by atoms with Gasteiger partial charge in [0.25, 0.3) is 0 Å². The molecule has 0 saturated carbocycles. The van der Waals surface area contributed by atoms with E-state index in [9.17, 15) is 9.90 Å². The van der Waals surface area contributed by atoms with Gasteiger partial charge in [0.1, 0.15) is 31.0 Å². The number of esters is 1. The predicted molar refractivity (Wildman–Crippen MR) is 198 cm³/mol. The van der Waals surface area contributed by atoms with Crippen molar-refractivity contribution in [2.45, 2.75) is 69.8 Å². The van der Waals surface area contributed by atoms with E-state index in [0.29, 0.717) is 13.2 Å². The van der Waals surface area contributed by atoms with Crippen LogP contribution in [0.5, 0.6) is 0 Å². The molecule has 9 heteroatoms. The van der Waals surface area contributed by atoms with Crippen LogP contribution in [0, 0.1) is 0 Å². The highest BCUT2D eigenvalue weighted by molar-refractivity contribution is 5.76. The van der Waals surface area contributed by atoms with Gasteiger partial charge >= 0.3 is 5.97 Å². The first-order chi connectivity index (χ1) is 26.1. The van der Waals surface area contributed by atoms with Crippen LogP contribution >= 0.6 is 0 Å². The maximum Gasteiger partial charge on any atom is 0.338 e. The van der Waals surface area contributed by atoms with Gasteiger partial charge in [-0.15, -0.1) is 0 Å². The summed E-state index contributed by atoms with van der Waals surface area (Å²) in [7, 11) is 0. The van der Waals surface area contributed by atoms with Crippen molar-refractivity contribution in [1.29, 1.82) is 0 Å². The lowest BCUT2D eigenvalue weighted by molar-refractivity contribution is -0.317. The van der Waals surface area contributed by atoms with E-state index in [1.54, 1.807) is 0 Å². The normalized spacial score (nSPS) is 20.4. The third-order valence-electron chi connectivity index (χ3n) is 8.74. The van der Waals surface area contributed by atoms with Crippen LogP contribution in [-0.2, 0) is 71.0 Å². The Hall–Kier alpha value is -4.71. The number of ether oxygens (including phenoxy) is 7. The lowest BCUT2D eigenvalue weighted by Crippen LogP contribution is -2.62. The maximum atomic E-state index is 13.8. The molecule has 1 aliphatic heterocycles. The number of hydrogen-bond acceptors (Lipinski definition) is 9. The fourth-order valence-corrected chi connectivity index (χ4v) is 5.87. The second kappa shape index (κ2) is 20.5. The van der Waals surface area contributed by atoms with Gasteiger partial charge in [0, 0.05) is 0 Å². The fourth-order valence-electron chi connectivity index (χ4n) is 5.87. The molecule has 1 N–H and O–H groups in total. The average molecular weight is 719 g/mol. The summed E-state index contributed by atoms with van der Waals surface area (Å²) in [6.45, 7) is 1.27. The molecule has 0 spiro atoms. The van der Waals surface area contributed by atoms with Crippen LogP contribution in [0.15, 0.2) is 152 Å². The third kappa shape index (κ3) is 11.9. The molecule has 1 heterocycles. The van der Waals surface area contributed by atoms with E-state index in [2.05, 4.69) is 0 Å². The largest absolute Gasteiger partial charge is 0.459 e. The summed E-state index contributed by atoms with van der Waals surface area (Å²) in [6, 6.07) is 48.2. The molecule has 0 unspecified atom stereocenters. The molecule has 0 radical (unpaired) electrons. The van der Waals surface area contributed by atoms with Crippen LogP contribution in [-0.4, -0.2) is 61.1 Å². The molecule has 0 bridgehead atoms. The topological polar surface area (TPSA) is 102 Å². The van der Waals surface area contributed by atoms with Crippen LogP contribution in [0.2, 0.25) is 0 Å². The van der Waals surface area contributed by atoms with E-state index in [4.69, 9.17) is 33.2 Å². The SMILES string of the molecule is O=C(OCc1ccccc1)[C@H]1O[C@H](OC[C@@H](COCc2ccccc2)OCc2ccccc2)[C@H](OCc2ccccc2)[C@@H](O)[C@H]1OCc1ccccc1. The van der Waals surface area contributed by atoms with Crippen LogP contribution in [0.4, 0.5) is 0 Å². The van der Waals surface area contributed by atoms with Crippen molar-refractivity contribution in [3.05, 3.63) is 179 Å². The summed E-state index contributed by atoms with van der Waals surface area (Å²) in [5.74, 6) is -0.691. The number of aliphatic hydroxyl groups is 1. The minimum atomic E-state index is -1.33. The first-order valence-corrected chi connectivity index (χ1v) is 17.9. The molecule has 276 valence electrons.